The topological polar surface area (TPSA) is 94.6 Å². The number of sulfonamides is 1. The Labute approximate surface area is 144 Å². The minimum absolute atomic E-state index is 0.0196. The van der Waals surface area contributed by atoms with Gasteiger partial charge in [-0.3, -0.25) is 4.98 Å². The molecule has 0 saturated carbocycles. The second kappa shape index (κ2) is 8.09. The van der Waals surface area contributed by atoms with Crippen molar-refractivity contribution in [3.63, 3.8) is 0 Å². The number of benzene rings is 1. The van der Waals surface area contributed by atoms with Crippen LogP contribution in [0.1, 0.15) is 5.69 Å². The second-order valence-electron chi connectivity index (χ2n) is 4.60. The molecule has 0 fully saturated rings. The molecule has 0 spiro atoms. The summed E-state index contributed by atoms with van der Waals surface area (Å²) in [6.45, 7) is -0.262. The number of aromatic nitrogens is 1. The van der Waals surface area contributed by atoms with Gasteiger partial charge >= 0.3 is 5.97 Å². The fraction of sp³-hybridized carbons (Fsp3) is 0.200. The summed E-state index contributed by atoms with van der Waals surface area (Å²) in [6.07, 6.45) is 1.58. The molecule has 0 aliphatic rings. The Kier molecular flexibility index (Phi) is 6.13. The molecule has 1 heterocycles. The zero-order valence-electron chi connectivity index (χ0n) is 12.7. The molecule has 0 unspecified atom stereocenters. The number of rotatable bonds is 7. The van der Waals surface area contributed by atoms with Crippen LogP contribution in [-0.4, -0.2) is 33.1 Å². The maximum absolute atomic E-state index is 12.3. The summed E-state index contributed by atoms with van der Waals surface area (Å²) in [5, 5.41) is 0.0691. The first-order valence-corrected chi connectivity index (χ1v) is 8.67. The monoisotopic (exact) mass is 370 g/mol. The first-order chi connectivity index (χ1) is 11.4. The maximum Gasteiger partial charge on any atom is 0.343 e. The van der Waals surface area contributed by atoms with Crippen molar-refractivity contribution in [3.05, 3.63) is 53.3 Å². The number of nitrogens with one attached hydrogen (secondary N) is 1. The van der Waals surface area contributed by atoms with Gasteiger partial charge in [-0.05, 0) is 30.3 Å². The predicted octanol–water partition coefficient (Wildman–Crippen LogP) is 1.77. The highest BCUT2D eigenvalue weighted by Gasteiger charge is 2.16. The molecule has 2 aromatic rings. The van der Waals surface area contributed by atoms with Crippen molar-refractivity contribution in [3.8, 4) is 5.75 Å². The molecule has 24 heavy (non-hydrogen) atoms. The zero-order chi connectivity index (χ0) is 17.6. The van der Waals surface area contributed by atoms with Gasteiger partial charge < -0.3 is 9.47 Å². The van der Waals surface area contributed by atoms with Crippen LogP contribution in [0.15, 0.2) is 47.5 Å². The van der Waals surface area contributed by atoms with Crippen LogP contribution in [0, 0.1) is 0 Å². The summed E-state index contributed by atoms with van der Waals surface area (Å²) in [7, 11) is -2.52. The Bertz CT molecular complexity index is 812. The number of carbonyl (C=O) groups excluding carboxylic acids is 1. The van der Waals surface area contributed by atoms with Crippen molar-refractivity contribution in [1.82, 2.24) is 9.71 Å². The van der Waals surface area contributed by atoms with E-state index in [1.165, 1.54) is 25.3 Å². The van der Waals surface area contributed by atoms with Gasteiger partial charge in [0, 0.05) is 6.20 Å². The number of ether oxygens (including phenoxy) is 2. The van der Waals surface area contributed by atoms with E-state index in [0.717, 1.165) is 0 Å². The Morgan fingerprint density at radius 1 is 1.29 bits per heavy atom. The van der Waals surface area contributed by atoms with Crippen molar-refractivity contribution in [1.29, 1.82) is 0 Å². The molecule has 1 N–H and O–H groups in total. The number of halogens is 1. The number of pyridine rings is 1. The van der Waals surface area contributed by atoms with Crippen LogP contribution in [-0.2, 0) is 26.1 Å². The molecule has 0 aliphatic carbocycles. The summed E-state index contributed by atoms with van der Waals surface area (Å²) >= 11 is 6.00. The first kappa shape index (κ1) is 18.2. The average molecular weight is 371 g/mol. The summed E-state index contributed by atoms with van der Waals surface area (Å²) < 4.78 is 36.6. The summed E-state index contributed by atoms with van der Waals surface area (Å²) in [6, 6.07) is 9.17. The summed E-state index contributed by atoms with van der Waals surface area (Å²) in [5.74, 6) is -0.384. The third kappa shape index (κ3) is 4.92. The SMILES string of the molecule is COC(=O)COc1ccc(S(=O)(=O)NCc2ccccn2)cc1Cl. The number of nitrogens with zero attached hydrogens (tertiary/aromatic N) is 1. The minimum atomic E-state index is -3.76. The molecule has 128 valence electrons. The van der Waals surface area contributed by atoms with Crippen LogP contribution < -0.4 is 9.46 Å². The van der Waals surface area contributed by atoms with Gasteiger partial charge in [-0.2, -0.15) is 0 Å². The Hall–Kier alpha value is -2.16. The fourth-order valence-corrected chi connectivity index (χ4v) is 3.04. The lowest BCUT2D eigenvalue weighted by molar-refractivity contribution is -0.142. The number of hydrogen-bond acceptors (Lipinski definition) is 6. The third-order valence-electron chi connectivity index (χ3n) is 2.96. The van der Waals surface area contributed by atoms with Crippen molar-refractivity contribution < 1.29 is 22.7 Å². The van der Waals surface area contributed by atoms with Gasteiger partial charge in [-0.15, -0.1) is 0 Å². The molecule has 0 bridgehead atoms. The number of carbonyl (C=O) groups is 1. The van der Waals surface area contributed by atoms with Crippen LogP contribution in [0.25, 0.3) is 0 Å². The molecule has 1 aromatic heterocycles. The highest BCUT2D eigenvalue weighted by Crippen LogP contribution is 2.27. The molecule has 7 nitrogen and oxygen atoms in total. The second-order valence-corrected chi connectivity index (χ2v) is 6.78. The third-order valence-corrected chi connectivity index (χ3v) is 4.65. The first-order valence-electron chi connectivity index (χ1n) is 6.81. The van der Waals surface area contributed by atoms with E-state index in [4.69, 9.17) is 16.3 Å². The molecular weight excluding hydrogens is 356 g/mol. The van der Waals surface area contributed by atoms with E-state index < -0.39 is 16.0 Å². The molecule has 2 rings (SSSR count). The van der Waals surface area contributed by atoms with Gasteiger partial charge in [0.25, 0.3) is 0 Å². The van der Waals surface area contributed by atoms with Gasteiger partial charge in [-0.1, -0.05) is 17.7 Å². The number of methoxy groups -OCH3 is 1. The molecule has 1 aromatic carbocycles. The van der Waals surface area contributed by atoms with Gasteiger partial charge in [0.2, 0.25) is 10.0 Å². The summed E-state index contributed by atoms with van der Waals surface area (Å²) in [4.78, 5) is 15.1. The van der Waals surface area contributed by atoms with Crippen LogP contribution in [0.3, 0.4) is 0 Å². The van der Waals surface area contributed by atoms with E-state index in [-0.39, 0.29) is 28.8 Å². The normalized spacial score (nSPS) is 11.1. The molecular formula is C15H15ClN2O5S. The van der Waals surface area contributed by atoms with Crippen LogP contribution in [0.2, 0.25) is 5.02 Å². The molecule has 9 heteroatoms. The van der Waals surface area contributed by atoms with E-state index in [1.807, 2.05) is 0 Å². The molecule has 0 saturated heterocycles. The van der Waals surface area contributed by atoms with Crippen molar-refractivity contribution in [2.24, 2.45) is 0 Å². The lowest BCUT2D eigenvalue weighted by Crippen LogP contribution is -2.23. The van der Waals surface area contributed by atoms with E-state index >= 15 is 0 Å². The van der Waals surface area contributed by atoms with Gasteiger partial charge in [0.1, 0.15) is 5.75 Å². The Morgan fingerprint density at radius 3 is 2.71 bits per heavy atom. The number of esters is 1. The van der Waals surface area contributed by atoms with E-state index in [9.17, 15) is 13.2 Å². The van der Waals surface area contributed by atoms with Gasteiger partial charge in [0.15, 0.2) is 6.61 Å². The maximum atomic E-state index is 12.3. The average Bonchev–Trinajstić information content (AvgIpc) is 2.59. The highest BCUT2D eigenvalue weighted by molar-refractivity contribution is 7.89. The lowest BCUT2D eigenvalue weighted by Gasteiger charge is -2.10. The van der Waals surface area contributed by atoms with E-state index in [0.29, 0.717) is 5.69 Å². The largest absolute Gasteiger partial charge is 0.480 e. The standard InChI is InChI=1S/C15H15ClN2O5S/c1-22-15(19)10-23-14-6-5-12(8-13(14)16)24(20,21)18-9-11-4-2-3-7-17-11/h2-8,18H,9-10H2,1H3. The van der Waals surface area contributed by atoms with E-state index in [1.54, 1.807) is 24.4 Å². The van der Waals surface area contributed by atoms with Crippen molar-refractivity contribution in [2.75, 3.05) is 13.7 Å². The molecule has 0 radical (unpaired) electrons. The predicted molar refractivity (Wildman–Crippen MR) is 87.2 cm³/mol. The Balaban J connectivity index is 2.07. The van der Waals surface area contributed by atoms with E-state index in [2.05, 4.69) is 14.4 Å². The van der Waals surface area contributed by atoms with Crippen molar-refractivity contribution >= 4 is 27.6 Å². The molecule has 0 amide bonds. The fourth-order valence-electron chi connectivity index (χ4n) is 1.72. The highest BCUT2D eigenvalue weighted by atomic mass is 35.5. The quantitative estimate of drug-likeness (QED) is 0.746. The Morgan fingerprint density at radius 2 is 2.08 bits per heavy atom. The molecule has 0 aliphatic heterocycles. The number of hydrogen-bond donors (Lipinski definition) is 1. The zero-order valence-corrected chi connectivity index (χ0v) is 14.3. The smallest absolute Gasteiger partial charge is 0.343 e. The van der Waals surface area contributed by atoms with Crippen LogP contribution in [0.5, 0.6) is 5.75 Å². The van der Waals surface area contributed by atoms with Gasteiger partial charge in [-0.25, -0.2) is 17.9 Å². The molecule has 0 atom stereocenters. The van der Waals surface area contributed by atoms with Gasteiger partial charge in [0.05, 0.1) is 29.3 Å². The van der Waals surface area contributed by atoms with Crippen LogP contribution >= 0.6 is 11.6 Å². The summed E-state index contributed by atoms with van der Waals surface area (Å²) in [5.41, 5.74) is 0.588. The van der Waals surface area contributed by atoms with Crippen molar-refractivity contribution in [2.45, 2.75) is 11.4 Å². The lowest BCUT2D eigenvalue weighted by atomic mass is 10.3. The van der Waals surface area contributed by atoms with Crippen LogP contribution in [0.4, 0.5) is 0 Å². The minimum Gasteiger partial charge on any atom is -0.480 e.